The van der Waals surface area contributed by atoms with Gasteiger partial charge in [-0.05, 0) is 36.5 Å². The van der Waals surface area contributed by atoms with E-state index in [2.05, 4.69) is 50.1 Å². The molecule has 0 fully saturated rings. The van der Waals surface area contributed by atoms with E-state index in [9.17, 15) is 0 Å². The Balaban J connectivity index is 2.74. The lowest BCUT2D eigenvalue weighted by Crippen LogP contribution is -1.73. The van der Waals surface area contributed by atoms with E-state index in [4.69, 9.17) is 0 Å². The Bertz CT molecular complexity index is 394. The van der Waals surface area contributed by atoms with Crippen molar-refractivity contribution >= 4 is 39.0 Å². The van der Waals surface area contributed by atoms with Crippen LogP contribution in [0.4, 0.5) is 5.69 Å². The molecule has 0 aromatic heterocycles. The van der Waals surface area contributed by atoms with Crippen LogP contribution in [0, 0.1) is 11.8 Å². The normalized spacial score (nSPS) is 8.36. The summed E-state index contributed by atoms with van der Waals surface area (Å²) < 4.78 is 0. The Morgan fingerprint density at radius 2 is 2.00 bits per heavy atom. The van der Waals surface area contributed by atoms with E-state index in [1.54, 1.807) is 0 Å². The zero-order valence-corrected chi connectivity index (χ0v) is 9.86. The Kier molecular flexibility index (Phi) is 5.17. The molecule has 1 aromatic carbocycles. The number of aliphatic imine (C=N–C) groups is 1. The molecule has 0 heterocycles. The van der Waals surface area contributed by atoms with Crippen LogP contribution in [0.15, 0.2) is 29.3 Å². The van der Waals surface area contributed by atoms with E-state index in [1.165, 1.54) is 0 Å². The van der Waals surface area contributed by atoms with Gasteiger partial charge in [0, 0.05) is 17.3 Å². The van der Waals surface area contributed by atoms with Gasteiger partial charge in [-0.1, -0.05) is 27.8 Å². The van der Waals surface area contributed by atoms with Crippen molar-refractivity contribution in [3.8, 4) is 11.8 Å². The first-order chi connectivity index (χ1) is 6.86. The second kappa shape index (κ2) is 6.50. The summed E-state index contributed by atoms with van der Waals surface area (Å²) in [4.78, 5) is 3.85. The highest BCUT2D eigenvalue weighted by Crippen LogP contribution is 2.11. The van der Waals surface area contributed by atoms with Crippen molar-refractivity contribution in [3.05, 3.63) is 29.8 Å². The summed E-state index contributed by atoms with van der Waals surface area (Å²) in [7, 11) is 0. The number of nitrogens with zero attached hydrogens (tertiary/aromatic N) is 1. The maximum Gasteiger partial charge on any atom is 0.0740 e. The molecule has 0 radical (unpaired) electrons. The number of halogens is 1. The average Bonchev–Trinajstić information content (AvgIpc) is 2.21. The number of alkyl halides is 1. The van der Waals surface area contributed by atoms with Gasteiger partial charge in [0.2, 0.25) is 0 Å². The molecular weight excluding hydrogens is 258 g/mol. The van der Waals surface area contributed by atoms with Crippen molar-refractivity contribution in [3.63, 3.8) is 0 Å². The number of hydrogen-bond acceptors (Lipinski definition) is 2. The largest absolute Gasteiger partial charge is 0.195 e. The molecule has 3 heteroatoms. The third-order valence-corrected chi connectivity index (χ3v) is 1.98. The summed E-state index contributed by atoms with van der Waals surface area (Å²) in [6.07, 6.45) is 0.861. The summed E-state index contributed by atoms with van der Waals surface area (Å²) in [6, 6.07) is 7.59. The van der Waals surface area contributed by atoms with Crippen LogP contribution in [0.25, 0.3) is 0 Å². The molecule has 0 saturated carbocycles. The molecule has 0 spiro atoms. The van der Waals surface area contributed by atoms with Crippen LogP contribution in [0.2, 0.25) is 0 Å². The topological polar surface area (TPSA) is 12.4 Å². The molecule has 0 saturated heterocycles. The van der Waals surface area contributed by atoms with Gasteiger partial charge in [0.15, 0.2) is 0 Å². The Hall–Kier alpha value is -0.940. The van der Waals surface area contributed by atoms with E-state index < -0.39 is 0 Å². The lowest BCUT2D eigenvalue weighted by Gasteiger charge is -1.91. The zero-order chi connectivity index (χ0) is 10.2. The Morgan fingerprint density at radius 3 is 2.57 bits per heavy atom. The molecule has 1 rings (SSSR count). The van der Waals surface area contributed by atoms with Gasteiger partial charge in [0.05, 0.1) is 10.8 Å². The van der Waals surface area contributed by atoms with E-state index in [0.29, 0.717) is 0 Å². The monoisotopic (exact) mass is 265 g/mol. The van der Waals surface area contributed by atoms with E-state index >= 15 is 0 Å². The highest BCUT2D eigenvalue weighted by atomic mass is 79.9. The molecule has 1 nitrogen and oxygen atoms in total. The van der Waals surface area contributed by atoms with Gasteiger partial charge in [-0.15, -0.1) is 0 Å². The van der Waals surface area contributed by atoms with Gasteiger partial charge >= 0.3 is 0 Å². The fourth-order valence-electron chi connectivity index (χ4n) is 0.884. The summed E-state index contributed by atoms with van der Waals surface area (Å²) >= 11 is 7.82. The number of hydrogen-bond donors (Lipinski definition) is 0. The van der Waals surface area contributed by atoms with E-state index in [-0.39, 0.29) is 0 Å². The number of rotatable bonds is 2. The molecule has 14 heavy (non-hydrogen) atoms. The summed E-state index contributed by atoms with van der Waals surface area (Å²) in [6.45, 7) is 0. The molecule has 0 aliphatic carbocycles. The quantitative estimate of drug-likeness (QED) is 0.345. The first-order valence-electron chi connectivity index (χ1n) is 4.09. The highest BCUT2D eigenvalue weighted by Gasteiger charge is 1.88. The number of isothiocyanates is 1. The predicted octanol–water partition coefficient (Wildman–Crippen LogP) is 3.56. The van der Waals surface area contributed by atoms with Gasteiger partial charge in [0.1, 0.15) is 0 Å². The van der Waals surface area contributed by atoms with Crippen LogP contribution in [-0.2, 0) is 0 Å². The molecule has 0 unspecified atom stereocenters. The smallest absolute Gasteiger partial charge is 0.0740 e. The van der Waals surface area contributed by atoms with Crippen LogP contribution in [-0.4, -0.2) is 10.5 Å². The average molecular weight is 266 g/mol. The lowest BCUT2D eigenvalue weighted by atomic mass is 10.2. The second-order valence-corrected chi connectivity index (χ2v) is 3.47. The molecule has 70 valence electrons. The van der Waals surface area contributed by atoms with Gasteiger partial charge in [0.25, 0.3) is 0 Å². The predicted molar refractivity (Wildman–Crippen MR) is 66.4 cm³/mol. The van der Waals surface area contributed by atoms with Gasteiger partial charge in [-0.25, -0.2) is 0 Å². The van der Waals surface area contributed by atoms with E-state index in [0.717, 1.165) is 23.0 Å². The maximum absolute atomic E-state index is 4.50. The molecular formula is C11H8BrNS. The first-order valence-corrected chi connectivity index (χ1v) is 5.62. The summed E-state index contributed by atoms with van der Waals surface area (Å²) in [5.41, 5.74) is 1.81. The minimum Gasteiger partial charge on any atom is -0.195 e. The first kappa shape index (κ1) is 11.1. The molecule has 0 N–H and O–H groups in total. The third kappa shape index (κ3) is 3.85. The highest BCUT2D eigenvalue weighted by molar-refractivity contribution is 9.09. The second-order valence-electron chi connectivity index (χ2n) is 2.49. The van der Waals surface area contributed by atoms with Crippen molar-refractivity contribution in [2.75, 3.05) is 5.33 Å². The lowest BCUT2D eigenvalue weighted by molar-refractivity contribution is 1.32. The van der Waals surface area contributed by atoms with Gasteiger partial charge in [-0.3, -0.25) is 0 Å². The minimum absolute atomic E-state index is 0.811. The minimum atomic E-state index is 0.811. The van der Waals surface area contributed by atoms with Crippen molar-refractivity contribution in [2.45, 2.75) is 6.42 Å². The fourth-order valence-corrected chi connectivity index (χ4v) is 1.19. The van der Waals surface area contributed by atoms with Crippen molar-refractivity contribution in [1.29, 1.82) is 0 Å². The van der Waals surface area contributed by atoms with Crippen LogP contribution >= 0.6 is 28.1 Å². The molecule has 0 aliphatic rings. The van der Waals surface area contributed by atoms with Gasteiger partial charge in [-0.2, -0.15) is 4.99 Å². The van der Waals surface area contributed by atoms with Crippen LogP contribution in [0.5, 0.6) is 0 Å². The Morgan fingerprint density at radius 1 is 1.29 bits per heavy atom. The van der Waals surface area contributed by atoms with Crippen molar-refractivity contribution in [2.24, 2.45) is 4.99 Å². The fraction of sp³-hybridized carbons (Fsp3) is 0.182. The summed E-state index contributed by atoms with van der Waals surface area (Å²) in [5, 5.41) is 3.23. The molecule has 0 bridgehead atoms. The van der Waals surface area contributed by atoms with Crippen molar-refractivity contribution < 1.29 is 0 Å². The zero-order valence-electron chi connectivity index (χ0n) is 7.46. The Labute approximate surface area is 97.4 Å². The molecule has 0 amide bonds. The third-order valence-electron chi connectivity index (χ3n) is 1.49. The standard InChI is InChI=1S/C11H8BrNS/c12-8-2-1-3-10-4-6-11(7-5-10)13-9-14/h4-7H,2,8H2. The van der Waals surface area contributed by atoms with E-state index in [1.807, 2.05) is 24.3 Å². The molecule has 0 atom stereocenters. The summed E-state index contributed by atoms with van der Waals surface area (Å²) in [5.74, 6) is 6.09. The molecule has 0 aliphatic heterocycles. The number of thiocarbonyl (C=S) groups is 1. The van der Waals surface area contributed by atoms with Crippen LogP contribution in [0.1, 0.15) is 12.0 Å². The van der Waals surface area contributed by atoms with Gasteiger partial charge < -0.3 is 0 Å². The molecule has 1 aromatic rings. The van der Waals surface area contributed by atoms with Crippen LogP contribution < -0.4 is 0 Å². The van der Waals surface area contributed by atoms with Crippen molar-refractivity contribution in [1.82, 2.24) is 0 Å². The van der Waals surface area contributed by atoms with Crippen LogP contribution in [0.3, 0.4) is 0 Å². The maximum atomic E-state index is 4.50. The number of benzene rings is 1. The SMILES string of the molecule is S=C=Nc1ccc(C#CCCBr)cc1.